The van der Waals surface area contributed by atoms with Crippen LogP contribution in [0.15, 0.2) is 6.20 Å². The van der Waals surface area contributed by atoms with Gasteiger partial charge in [0.25, 0.3) is 0 Å². The fourth-order valence-electron chi connectivity index (χ4n) is 2.34. The molecule has 1 fully saturated rings. The third-order valence-electron chi connectivity index (χ3n) is 3.39. The number of carbonyl (C=O) groups is 1. The average molecular weight is 297 g/mol. The molecule has 5 nitrogen and oxygen atoms in total. The number of nitrogens with one attached hydrogen (secondary N) is 1. The number of hydrogen-bond acceptors (Lipinski definition) is 4. The summed E-state index contributed by atoms with van der Waals surface area (Å²) < 4.78 is 5.43. The zero-order chi connectivity index (χ0) is 14.4. The second-order valence-electron chi connectivity index (χ2n) is 5.07. The van der Waals surface area contributed by atoms with Crippen molar-refractivity contribution in [2.75, 3.05) is 31.6 Å². The number of anilines is 1. The summed E-state index contributed by atoms with van der Waals surface area (Å²) in [6.07, 6.45) is 4.99. The molecule has 20 heavy (non-hydrogen) atoms. The van der Waals surface area contributed by atoms with E-state index in [2.05, 4.69) is 17.2 Å². The molecule has 0 aromatic carbocycles. The van der Waals surface area contributed by atoms with E-state index >= 15 is 0 Å². The van der Waals surface area contributed by atoms with Crippen LogP contribution in [0.25, 0.3) is 0 Å². The van der Waals surface area contributed by atoms with Crippen LogP contribution in [-0.2, 0) is 11.2 Å². The number of carbonyl (C=O) groups excluding carboxylic acids is 1. The van der Waals surface area contributed by atoms with Crippen molar-refractivity contribution in [1.29, 1.82) is 0 Å². The Bertz CT molecular complexity index is 436. The molecule has 1 atom stereocenters. The van der Waals surface area contributed by atoms with Crippen LogP contribution in [0.2, 0.25) is 0 Å². The van der Waals surface area contributed by atoms with Crippen LogP contribution in [0.4, 0.5) is 9.93 Å². The highest BCUT2D eigenvalue weighted by Crippen LogP contribution is 2.22. The number of rotatable bonds is 6. The lowest BCUT2D eigenvalue weighted by molar-refractivity contribution is 0.113. The Balaban J connectivity index is 1.79. The number of ether oxygens (including phenoxy) is 1. The second-order valence-corrected chi connectivity index (χ2v) is 6.19. The van der Waals surface area contributed by atoms with Crippen LogP contribution in [-0.4, -0.2) is 42.2 Å². The Morgan fingerprint density at radius 3 is 3.20 bits per heavy atom. The van der Waals surface area contributed by atoms with Crippen LogP contribution in [0.1, 0.15) is 31.6 Å². The first-order chi connectivity index (χ1) is 9.72. The van der Waals surface area contributed by atoms with E-state index in [1.807, 2.05) is 18.0 Å². The first kappa shape index (κ1) is 15.3. The molecule has 1 N–H and O–H groups in total. The number of likely N-dealkylation sites (tertiary alicyclic amines) is 1. The maximum Gasteiger partial charge on any atom is 0.323 e. The van der Waals surface area contributed by atoms with Crippen molar-refractivity contribution >= 4 is 22.5 Å². The first-order valence-corrected chi connectivity index (χ1v) is 8.13. The summed E-state index contributed by atoms with van der Waals surface area (Å²) in [6, 6.07) is -0.0404. The van der Waals surface area contributed by atoms with E-state index in [0.717, 1.165) is 45.6 Å². The minimum Gasteiger partial charge on any atom is -0.381 e. The molecule has 0 spiro atoms. The van der Waals surface area contributed by atoms with E-state index in [1.54, 1.807) is 11.3 Å². The van der Waals surface area contributed by atoms with Crippen molar-refractivity contribution in [3.8, 4) is 0 Å². The molecule has 2 heterocycles. The second kappa shape index (κ2) is 7.59. The third kappa shape index (κ3) is 4.18. The van der Waals surface area contributed by atoms with Crippen molar-refractivity contribution in [2.45, 2.75) is 33.1 Å². The Morgan fingerprint density at radius 2 is 2.45 bits per heavy atom. The zero-order valence-electron chi connectivity index (χ0n) is 12.2. The highest BCUT2D eigenvalue weighted by atomic mass is 32.1. The van der Waals surface area contributed by atoms with Gasteiger partial charge < -0.3 is 9.64 Å². The fraction of sp³-hybridized carbons (Fsp3) is 0.714. The smallest absolute Gasteiger partial charge is 0.323 e. The van der Waals surface area contributed by atoms with Crippen molar-refractivity contribution < 1.29 is 9.53 Å². The number of hydrogen-bond donors (Lipinski definition) is 1. The Hall–Kier alpha value is -1.14. The molecular weight excluding hydrogens is 274 g/mol. The molecule has 0 radical (unpaired) electrons. The van der Waals surface area contributed by atoms with Crippen molar-refractivity contribution in [3.63, 3.8) is 0 Å². The summed E-state index contributed by atoms with van der Waals surface area (Å²) in [5, 5.41) is 3.59. The lowest BCUT2D eigenvalue weighted by Gasteiger charge is -2.16. The Kier molecular flexibility index (Phi) is 5.79. The van der Waals surface area contributed by atoms with Gasteiger partial charge in [-0.3, -0.25) is 5.32 Å². The molecule has 1 aromatic rings. The average Bonchev–Trinajstić information content (AvgIpc) is 3.06. The van der Waals surface area contributed by atoms with E-state index in [-0.39, 0.29) is 6.03 Å². The highest BCUT2D eigenvalue weighted by molar-refractivity contribution is 7.15. The van der Waals surface area contributed by atoms with Gasteiger partial charge in [-0.15, -0.1) is 11.3 Å². The normalized spacial score (nSPS) is 18.5. The van der Waals surface area contributed by atoms with Gasteiger partial charge in [0.05, 0.1) is 6.61 Å². The molecule has 0 saturated carbocycles. The molecule has 1 saturated heterocycles. The van der Waals surface area contributed by atoms with Gasteiger partial charge in [0.15, 0.2) is 5.13 Å². The monoisotopic (exact) mass is 297 g/mol. The molecule has 1 aromatic heterocycles. The molecule has 1 aliphatic rings. The summed E-state index contributed by atoms with van der Waals surface area (Å²) in [6.45, 7) is 7.20. The van der Waals surface area contributed by atoms with E-state index in [0.29, 0.717) is 11.0 Å². The van der Waals surface area contributed by atoms with Crippen LogP contribution < -0.4 is 5.32 Å². The molecule has 112 valence electrons. The van der Waals surface area contributed by atoms with Crippen LogP contribution >= 0.6 is 11.3 Å². The Morgan fingerprint density at radius 1 is 1.60 bits per heavy atom. The SMILES string of the molecule is CCCc1cnc(NC(=O)N2CC[C@H](COCC)C2)s1. The lowest BCUT2D eigenvalue weighted by Crippen LogP contribution is -2.33. The van der Waals surface area contributed by atoms with E-state index in [1.165, 1.54) is 4.88 Å². The third-order valence-corrected chi connectivity index (χ3v) is 4.37. The fourth-order valence-corrected chi connectivity index (χ4v) is 3.24. The van der Waals surface area contributed by atoms with Gasteiger partial charge >= 0.3 is 6.03 Å². The van der Waals surface area contributed by atoms with Gasteiger partial charge in [-0.1, -0.05) is 13.3 Å². The van der Waals surface area contributed by atoms with Gasteiger partial charge in [-0.05, 0) is 19.8 Å². The van der Waals surface area contributed by atoms with Crippen LogP contribution in [0.3, 0.4) is 0 Å². The maximum absolute atomic E-state index is 12.1. The predicted molar refractivity (Wildman–Crippen MR) is 81.3 cm³/mol. The minimum atomic E-state index is -0.0404. The summed E-state index contributed by atoms with van der Waals surface area (Å²) >= 11 is 1.56. The summed E-state index contributed by atoms with van der Waals surface area (Å²) in [5.74, 6) is 0.465. The van der Waals surface area contributed by atoms with Gasteiger partial charge in [0, 0.05) is 36.7 Å². The highest BCUT2D eigenvalue weighted by Gasteiger charge is 2.26. The van der Waals surface area contributed by atoms with Crippen LogP contribution in [0, 0.1) is 5.92 Å². The van der Waals surface area contributed by atoms with Crippen molar-refractivity contribution in [1.82, 2.24) is 9.88 Å². The molecule has 2 rings (SSSR count). The molecule has 0 bridgehead atoms. The summed E-state index contributed by atoms with van der Waals surface area (Å²) in [4.78, 5) is 19.5. The molecule has 0 unspecified atom stereocenters. The number of aryl methyl sites for hydroxylation is 1. The van der Waals surface area contributed by atoms with Crippen molar-refractivity contribution in [2.24, 2.45) is 5.92 Å². The predicted octanol–water partition coefficient (Wildman–Crippen LogP) is 2.99. The minimum absolute atomic E-state index is 0.0404. The quantitative estimate of drug-likeness (QED) is 0.878. The Labute approximate surface area is 124 Å². The van der Waals surface area contributed by atoms with Gasteiger partial charge in [-0.25, -0.2) is 9.78 Å². The van der Waals surface area contributed by atoms with E-state index < -0.39 is 0 Å². The topological polar surface area (TPSA) is 54.5 Å². The molecule has 2 amide bonds. The number of urea groups is 1. The molecule has 6 heteroatoms. The van der Waals surface area contributed by atoms with Crippen LogP contribution in [0.5, 0.6) is 0 Å². The summed E-state index contributed by atoms with van der Waals surface area (Å²) in [5.41, 5.74) is 0. The number of thiazole rings is 1. The molecule has 0 aliphatic carbocycles. The number of nitrogens with zero attached hydrogens (tertiary/aromatic N) is 2. The molecule has 1 aliphatic heterocycles. The van der Waals surface area contributed by atoms with Gasteiger partial charge in [0.1, 0.15) is 0 Å². The van der Waals surface area contributed by atoms with Crippen molar-refractivity contribution in [3.05, 3.63) is 11.1 Å². The van der Waals surface area contributed by atoms with Gasteiger partial charge in [-0.2, -0.15) is 0 Å². The van der Waals surface area contributed by atoms with E-state index in [9.17, 15) is 4.79 Å². The largest absolute Gasteiger partial charge is 0.381 e. The van der Waals surface area contributed by atoms with E-state index in [4.69, 9.17) is 4.74 Å². The van der Waals surface area contributed by atoms with Gasteiger partial charge in [0.2, 0.25) is 0 Å². The number of amides is 2. The lowest BCUT2D eigenvalue weighted by atomic mass is 10.1. The molecular formula is C14H23N3O2S. The summed E-state index contributed by atoms with van der Waals surface area (Å²) in [7, 11) is 0. The maximum atomic E-state index is 12.1. The standard InChI is InChI=1S/C14H23N3O2S/c1-3-5-12-8-15-13(20-12)16-14(18)17-7-6-11(9-17)10-19-4-2/h8,11H,3-7,9-10H2,1-2H3,(H,15,16,18)/t11-/m0/s1. The zero-order valence-corrected chi connectivity index (χ0v) is 13.0. The number of aromatic nitrogens is 1. The first-order valence-electron chi connectivity index (χ1n) is 7.31.